The molecule has 0 saturated carbocycles. The van der Waals surface area contributed by atoms with Crippen LogP contribution in [-0.2, 0) is 11.2 Å². The van der Waals surface area contributed by atoms with Gasteiger partial charge in [0.2, 0.25) is 0 Å². The number of hydrogen-bond donors (Lipinski definition) is 1. The van der Waals surface area contributed by atoms with E-state index in [0.29, 0.717) is 0 Å². The summed E-state index contributed by atoms with van der Waals surface area (Å²) in [5, 5.41) is 2.83. The molecule has 1 aromatic rings. The molecule has 0 heterocycles. The van der Waals surface area contributed by atoms with Crippen molar-refractivity contribution in [2.75, 3.05) is 0 Å². The van der Waals surface area contributed by atoms with Gasteiger partial charge in [-0.05, 0) is 51.8 Å². The van der Waals surface area contributed by atoms with E-state index in [0.717, 1.165) is 10.9 Å². The first-order chi connectivity index (χ1) is 8.26. The average molecular weight is 314 g/mol. The number of amides is 1. The van der Waals surface area contributed by atoms with E-state index in [4.69, 9.17) is 4.74 Å². The minimum atomic E-state index is -0.459. The minimum absolute atomic E-state index is 0.0362. The molecule has 4 heteroatoms. The fraction of sp³-hybridized carbons (Fsp3) is 0.500. The Bertz CT molecular complexity index is 413. The van der Waals surface area contributed by atoms with Crippen molar-refractivity contribution in [1.82, 2.24) is 5.32 Å². The van der Waals surface area contributed by atoms with Gasteiger partial charge >= 0.3 is 6.09 Å². The fourth-order valence-corrected chi connectivity index (χ4v) is 2.02. The summed E-state index contributed by atoms with van der Waals surface area (Å²) in [4.78, 5) is 11.6. The molecular weight excluding hydrogens is 294 g/mol. The molecule has 0 spiro atoms. The molecule has 100 valence electrons. The molecule has 1 aromatic carbocycles. The fourth-order valence-electron chi connectivity index (χ4n) is 1.58. The van der Waals surface area contributed by atoms with Crippen molar-refractivity contribution in [3.05, 3.63) is 34.3 Å². The third-order valence-electron chi connectivity index (χ3n) is 2.19. The lowest BCUT2D eigenvalue weighted by Gasteiger charge is -2.22. The highest BCUT2D eigenvalue weighted by molar-refractivity contribution is 9.10. The van der Waals surface area contributed by atoms with Crippen LogP contribution in [0, 0.1) is 0 Å². The zero-order valence-corrected chi connectivity index (χ0v) is 12.9. The number of rotatable bonds is 3. The number of nitrogens with one attached hydrogen (secondary N) is 1. The molecule has 0 saturated heterocycles. The summed E-state index contributed by atoms with van der Waals surface area (Å²) in [5.74, 6) is 0. The first-order valence-electron chi connectivity index (χ1n) is 6.00. The summed E-state index contributed by atoms with van der Waals surface area (Å²) >= 11 is 3.43. The molecule has 1 N–H and O–H groups in total. The van der Waals surface area contributed by atoms with Crippen LogP contribution in [0.2, 0.25) is 0 Å². The number of halogens is 1. The third-order valence-corrected chi connectivity index (χ3v) is 2.69. The quantitative estimate of drug-likeness (QED) is 0.919. The van der Waals surface area contributed by atoms with Crippen molar-refractivity contribution in [2.24, 2.45) is 0 Å². The summed E-state index contributed by atoms with van der Waals surface area (Å²) in [7, 11) is 0. The van der Waals surface area contributed by atoms with Gasteiger partial charge in [-0.15, -0.1) is 0 Å². The van der Waals surface area contributed by atoms with E-state index in [1.165, 1.54) is 5.56 Å². The van der Waals surface area contributed by atoms with Crippen LogP contribution in [0.5, 0.6) is 0 Å². The van der Waals surface area contributed by atoms with E-state index in [1.807, 2.05) is 52.0 Å². The minimum Gasteiger partial charge on any atom is -0.444 e. The maximum atomic E-state index is 11.6. The van der Waals surface area contributed by atoms with Crippen LogP contribution >= 0.6 is 15.9 Å². The van der Waals surface area contributed by atoms with Gasteiger partial charge in [-0.3, -0.25) is 0 Å². The van der Waals surface area contributed by atoms with Gasteiger partial charge in [-0.2, -0.15) is 0 Å². The van der Waals surface area contributed by atoms with Crippen LogP contribution in [0.4, 0.5) is 4.79 Å². The number of hydrogen-bond acceptors (Lipinski definition) is 2. The summed E-state index contributed by atoms with van der Waals surface area (Å²) in [6.07, 6.45) is 0.406. The first kappa shape index (κ1) is 15.0. The Hall–Kier alpha value is -1.03. The molecule has 1 amide bonds. The van der Waals surface area contributed by atoms with Crippen LogP contribution in [0.1, 0.15) is 33.3 Å². The van der Waals surface area contributed by atoms with Crippen molar-refractivity contribution in [1.29, 1.82) is 0 Å². The number of carbonyl (C=O) groups is 1. The van der Waals surface area contributed by atoms with Crippen molar-refractivity contribution in [3.8, 4) is 0 Å². The standard InChI is InChI=1S/C14H20BrNO2/c1-10(16-13(17)18-14(2,3)4)8-11-6-5-7-12(15)9-11/h5-7,9-10H,8H2,1-4H3,(H,16,17)/t10-/m1/s1. The summed E-state index contributed by atoms with van der Waals surface area (Å²) < 4.78 is 6.26. The SMILES string of the molecule is C[C@H](Cc1cccc(Br)c1)NC(=O)OC(C)(C)C. The molecule has 0 bridgehead atoms. The van der Waals surface area contributed by atoms with Gasteiger partial charge in [0, 0.05) is 10.5 Å². The third kappa shape index (κ3) is 6.05. The lowest BCUT2D eigenvalue weighted by Crippen LogP contribution is -2.38. The zero-order chi connectivity index (χ0) is 13.8. The van der Waals surface area contributed by atoms with Gasteiger partial charge in [-0.25, -0.2) is 4.79 Å². The molecule has 0 aliphatic carbocycles. The Morgan fingerprint density at radius 2 is 2.11 bits per heavy atom. The van der Waals surface area contributed by atoms with Crippen LogP contribution < -0.4 is 5.32 Å². The van der Waals surface area contributed by atoms with E-state index in [9.17, 15) is 4.79 Å². The topological polar surface area (TPSA) is 38.3 Å². The molecule has 0 unspecified atom stereocenters. The maximum Gasteiger partial charge on any atom is 0.407 e. The van der Waals surface area contributed by atoms with Crippen LogP contribution in [0.15, 0.2) is 28.7 Å². The Balaban J connectivity index is 2.47. The molecule has 0 fully saturated rings. The van der Waals surface area contributed by atoms with Gasteiger partial charge in [-0.1, -0.05) is 28.1 Å². The van der Waals surface area contributed by atoms with Gasteiger partial charge < -0.3 is 10.1 Å². The Kier molecular flexibility index (Phi) is 5.20. The first-order valence-corrected chi connectivity index (χ1v) is 6.79. The molecule has 1 atom stereocenters. The summed E-state index contributed by atoms with van der Waals surface area (Å²) in [6.45, 7) is 7.52. The largest absolute Gasteiger partial charge is 0.444 e. The highest BCUT2D eigenvalue weighted by atomic mass is 79.9. The zero-order valence-electron chi connectivity index (χ0n) is 11.3. The monoisotopic (exact) mass is 313 g/mol. The number of carbonyl (C=O) groups excluding carboxylic acids is 1. The van der Waals surface area contributed by atoms with Crippen LogP contribution in [0.3, 0.4) is 0 Å². The van der Waals surface area contributed by atoms with Crippen molar-refractivity contribution in [2.45, 2.75) is 45.8 Å². The van der Waals surface area contributed by atoms with Crippen molar-refractivity contribution < 1.29 is 9.53 Å². The Morgan fingerprint density at radius 3 is 2.67 bits per heavy atom. The van der Waals surface area contributed by atoms with E-state index < -0.39 is 5.60 Å². The smallest absolute Gasteiger partial charge is 0.407 e. The van der Waals surface area contributed by atoms with Crippen LogP contribution in [-0.4, -0.2) is 17.7 Å². The number of benzene rings is 1. The van der Waals surface area contributed by atoms with Gasteiger partial charge in [0.05, 0.1) is 0 Å². The van der Waals surface area contributed by atoms with Crippen molar-refractivity contribution >= 4 is 22.0 Å². The molecule has 0 aliphatic rings. The second-order valence-corrected chi connectivity index (χ2v) is 6.30. The molecule has 1 rings (SSSR count). The summed E-state index contributed by atoms with van der Waals surface area (Å²) in [5.41, 5.74) is 0.715. The molecule has 0 aliphatic heterocycles. The lowest BCUT2D eigenvalue weighted by atomic mass is 10.1. The predicted octanol–water partition coefficient (Wildman–Crippen LogP) is 3.90. The predicted molar refractivity (Wildman–Crippen MR) is 76.7 cm³/mol. The highest BCUT2D eigenvalue weighted by Gasteiger charge is 2.17. The van der Waals surface area contributed by atoms with E-state index in [2.05, 4.69) is 21.2 Å². The average Bonchev–Trinajstić information content (AvgIpc) is 2.13. The number of ether oxygens (including phenoxy) is 1. The Morgan fingerprint density at radius 1 is 1.44 bits per heavy atom. The van der Waals surface area contributed by atoms with Gasteiger partial charge in [0.25, 0.3) is 0 Å². The summed E-state index contributed by atoms with van der Waals surface area (Å²) in [6, 6.07) is 8.09. The molecule has 0 radical (unpaired) electrons. The number of alkyl carbamates (subject to hydrolysis) is 1. The Labute approximate surface area is 117 Å². The van der Waals surface area contributed by atoms with Crippen molar-refractivity contribution in [3.63, 3.8) is 0 Å². The second-order valence-electron chi connectivity index (χ2n) is 5.38. The normalized spacial score (nSPS) is 12.9. The molecule has 3 nitrogen and oxygen atoms in total. The maximum absolute atomic E-state index is 11.6. The second kappa shape index (κ2) is 6.23. The molecular formula is C14H20BrNO2. The molecule has 18 heavy (non-hydrogen) atoms. The van der Waals surface area contributed by atoms with Gasteiger partial charge in [0.15, 0.2) is 0 Å². The van der Waals surface area contributed by atoms with Gasteiger partial charge in [0.1, 0.15) is 5.60 Å². The van der Waals surface area contributed by atoms with Crippen LogP contribution in [0.25, 0.3) is 0 Å². The van der Waals surface area contributed by atoms with E-state index in [-0.39, 0.29) is 12.1 Å². The van der Waals surface area contributed by atoms with E-state index >= 15 is 0 Å². The molecule has 0 aromatic heterocycles. The lowest BCUT2D eigenvalue weighted by molar-refractivity contribution is 0.0508. The highest BCUT2D eigenvalue weighted by Crippen LogP contribution is 2.13. The van der Waals surface area contributed by atoms with E-state index in [1.54, 1.807) is 0 Å².